The molecule has 52 heavy (non-hydrogen) atoms. The molecular formula is C34H36BrN11O6. The van der Waals surface area contributed by atoms with Gasteiger partial charge in [-0.25, -0.2) is 0 Å². The summed E-state index contributed by atoms with van der Waals surface area (Å²) < 4.78 is 0.183. The Labute approximate surface area is 304 Å². The fourth-order valence-electron chi connectivity index (χ4n) is 5.41. The molecule has 0 unspecified atom stereocenters. The van der Waals surface area contributed by atoms with Crippen molar-refractivity contribution < 1.29 is 29.2 Å². The number of halogens is 1. The number of benzene rings is 1. The number of aromatic amines is 4. The maximum atomic E-state index is 13.3. The summed E-state index contributed by atoms with van der Waals surface area (Å²) in [5.41, 5.74) is 10.8. The molecule has 0 radical (unpaired) electrons. The lowest BCUT2D eigenvalue weighted by Gasteiger charge is -2.08. The van der Waals surface area contributed by atoms with Crippen molar-refractivity contribution in [2.45, 2.75) is 34.1 Å². The van der Waals surface area contributed by atoms with E-state index in [2.05, 4.69) is 74.2 Å². The molecule has 5 aromatic rings. The third kappa shape index (κ3) is 7.60. The Morgan fingerprint density at radius 2 is 1.23 bits per heavy atom. The van der Waals surface area contributed by atoms with Crippen LogP contribution in [0.25, 0.3) is 10.9 Å². The molecule has 0 bridgehead atoms. The second kappa shape index (κ2) is 15.1. The van der Waals surface area contributed by atoms with Crippen LogP contribution in [-0.4, -0.2) is 67.1 Å². The number of nitrogens with two attached hydrogens (primary N) is 1. The second-order valence-electron chi connectivity index (χ2n) is 11.8. The molecule has 4 aromatic heterocycles. The number of H-pyrrole nitrogens is 4. The van der Waals surface area contributed by atoms with Crippen molar-refractivity contribution in [3.05, 3.63) is 92.9 Å². The summed E-state index contributed by atoms with van der Waals surface area (Å²) in [5, 5.41) is 26.0. The zero-order chi connectivity index (χ0) is 37.9. The van der Waals surface area contributed by atoms with E-state index in [1.165, 1.54) is 18.6 Å². The van der Waals surface area contributed by atoms with Gasteiger partial charge in [0.15, 0.2) is 0 Å². The minimum Gasteiger partial charge on any atom is -0.409 e. The number of aryl methyl sites for hydroxylation is 1. The number of hydrogen-bond acceptors (Lipinski definition) is 7. The molecule has 0 aliphatic carbocycles. The molecule has 0 saturated carbocycles. The average Bonchev–Trinajstić information content (AvgIpc) is 3.86. The lowest BCUT2D eigenvalue weighted by atomic mass is 10.1. The maximum absolute atomic E-state index is 13.3. The SMILES string of the molecule is C=C(Br)C(=O)Nc1ccc2[nH]c(C(=O)Nc3c[nH]c(C(=O)Nc4c[nH]c(C(=O)Nc5c[nH]c(C(=O)NCCC(N)=NO)c5C)c4C)c3C)c(C)c2c1. The first-order chi connectivity index (χ1) is 24.7. The highest BCUT2D eigenvalue weighted by Crippen LogP contribution is 2.28. The standard InChI is InChI=1S/C34H36BrN11O6/c1-14-20-10-19(41-30(47)18(5)35)6-7-21(20)42-29(14)34(51)45-24-13-40-28(17(24)4)33(50)44-23-12-39-27(16(23)3)32(49)43-22-11-38-26(15(22)2)31(48)37-9-8-25(36)46-52/h6-7,10-13,38-40,42,52H,5,8-9H2,1-4H3,(H2,36,46)(H,37,48)(H,41,47)(H,43,49)(H,44,50)(H,45,51). The van der Waals surface area contributed by atoms with Crippen LogP contribution in [0.15, 0.2) is 53.0 Å². The van der Waals surface area contributed by atoms with Crippen LogP contribution in [-0.2, 0) is 4.79 Å². The number of hydrogen-bond donors (Lipinski definition) is 11. The number of nitrogens with zero attached hydrogens (tertiary/aromatic N) is 1. The molecule has 4 heterocycles. The Balaban J connectivity index is 1.22. The van der Waals surface area contributed by atoms with E-state index >= 15 is 0 Å². The van der Waals surface area contributed by atoms with Gasteiger partial charge in [-0.1, -0.05) is 11.7 Å². The molecule has 12 N–H and O–H groups in total. The van der Waals surface area contributed by atoms with Gasteiger partial charge in [-0.3, -0.25) is 24.0 Å². The molecule has 0 aliphatic heterocycles. The molecule has 270 valence electrons. The van der Waals surface area contributed by atoms with E-state index in [1.54, 1.807) is 45.9 Å². The number of carbonyl (C=O) groups excluding carboxylic acids is 5. The smallest absolute Gasteiger partial charge is 0.272 e. The summed E-state index contributed by atoms with van der Waals surface area (Å²) in [4.78, 5) is 76.1. The zero-order valence-electron chi connectivity index (χ0n) is 28.5. The Morgan fingerprint density at radius 3 is 1.71 bits per heavy atom. The fourth-order valence-corrected chi connectivity index (χ4v) is 5.51. The Morgan fingerprint density at radius 1 is 0.750 bits per heavy atom. The lowest BCUT2D eigenvalue weighted by molar-refractivity contribution is -0.112. The summed E-state index contributed by atoms with van der Waals surface area (Å²) in [6, 6.07) is 5.21. The number of aromatic nitrogens is 4. The largest absolute Gasteiger partial charge is 0.409 e. The van der Waals surface area contributed by atoms with Gasteiger partial charge in [-0.05, 0) is 67.4 Å². The van der Waals surface area contributed by atoms with Crippen molar-refractivity contribution in [3.8, 4) is 0 Å². The van der Waals surface area contributed by atoms with Gasteiger partial charge in [0, 0.05) is 64.8 Å². The highest BCUT2D eigenvalue weighted by molar-refractivity contribution is 9.12. The summed E-state index contributed by atoms with van der Waals surface area (Å²) in [5.74, 6) is -2.27. The van der Waals surface area contributed by atoms with Crippen molar-refractivity contribution in [1.82, 2.24) is 25.3 Å². The quantitative estimate of drug-likeness (QED) is 0.0275. The van der Waals surface area contributed by atoms with Gasteiger partial charge in [0.2, 0.25) is 0 Å². The van der Waals surface area contributed by atoms with Crippen LogP contribution in [0.3, 0.4) is 0 Å². The van der Waals surface area contributed by atoms with Gasteiger partial charge in [-0.2, -0.15) is 0 Å². The Hall–Kier alpha value is -6.56. The predicted molar refractivity (Wildman–Crippen MR) is 201 cm³/mol. The van der Waals surface area contributed by atoms with E-state index in [4.69, 9.17) is 10.9 Å². The van der Waals surface area contributed by atoms with Gasteiger partial charge >= 0.3 is 0 Å². The van der Waals surface area contributed by atoms with Crippen LogP contribution in [0.1, 0.15) is 70.6 Å². The van der Waals surface area contributed by atoms with Gasteiger partial charge < -0.3 is 57.5 Å². The number of nitrogens with one attached hydrogen (secondary N) is 9. The van der Waals surface area contributed by atoms with E-state index in [1.807, 2.05) is 0 Å². The molecular weight excluding hydrogens is 738 g/mol. The highest BCUT2D eigenvalue weighted by Gasteiger charge is 2.23. The van der Waals surface area contributed by atoms with E-state index in [0.29, 0.717) is 56.2 Å². The van der Waals surface area contributed by atoms with Gasteiger partial charge in [0.05, 0.1) is 21.5 Å². The second-order valence-corrected chi connectivity index (χ2v) is 12.8. The molecule has 0 spiro atoms. The number of fused-ring (bicyclic) bond motifs is 1. The number of anilines is 4. The van der Waals surface area contributed by atoms with Crippen molar-refractivity contribution in [2.75, 3.05) is 27.8 Å². The number of carbonyl (C=O) groups is 5. The third-order valence-electron chi connectivity index (χ3n) is 8.43. The lowest BCUT2D eigenvalue weighted by Crippen LogP contribution is -2.28. The van der Waals surface area contributed by atoms with E-state index in [0.717, 1.165) is 5.39 Å². The molecule has 0 saturated heterocycles. The summed E-state index contributed by atoms with van der Waals surface area (Å²) in [7, 11) is 0. The minimum absolute atomic E-state index is 0.0224. The van der Waals surface area contributed by atoms with E-state index in [9.17, 15) is 24.0 Å². The van der Waals surface area contributed by atoms with Crippen molar-refractivity contribution in [1.29, 1.82) is 0 Å². The highest BCUT2D eigenvalue weighted by atomic mass is 79.9. The van der Waals surface area contributed by atoms with Crippen molar-refractivity contribution >= 4 is 85.0 Å². The van der Waals surface area contributed by atoms with Gasteiger partial charge in [0.25, 0.3) is 29.5 Å². The Bertz CT molecular complexity index is 2290. The molecule has 1 aromatic carbocycles. The van der Waals surface area contributed by atoms with E-state index < -0.39 is 23.6 Å². The molecule has 0 fully saturated rings. The molecule has 0 atom stereocenters. The average molecular weight is 775 g/mol. The third-order valence-corrected chi connectivity index (χ3v) is 8.79. The Kier molecular flexibility index (Phi) is 10.7. The maximum Gasteiger partial charge on any atom is 0.272 e. The molecule has 5 rings (SSSR count). The van der Waals surface area contributed by atoms with Crippen LogP contribution in [0.5, 0.6) is 0 Å². The van der Waals surface area contributed by atoms with Crippen molar-refractivity contribution in [3.63, 3.8) is 0 Å². The molecule has 18 heteroatoms. The summed E-state index contributed by atoms with van der Waals surface area (Å²) in [6.07, 6.45) is 4.64. The van der Waals surface area contributed by atoms with Crippen LogP contribution in [0.4, 0.5) is 22.7 Å². The number of rotatable bonds is 12. The normalized spacial score (nSPS) is 11.3. The van der Waals surface area contributed by atoms with Crippen LogP contribution >= 0.6 is 15.9 Å². The fraction of sp³-hybridized carbons (Fsp3) is 0.176. The topological polar surface area (TPSA) is 267 Å². The molecule has 5 amide bonds. The van der Waals surface area contributed by atoms with Gasteiger partial charge in [-0.15, -0.1) is 0 Å². The van der Waals surface area contributed by atoms with Crippen molar-refractivity contribution in [2.24, 2.45) is 10.9 Å². The first-order valence-electron chi connectivity index (χ1n) is 15.7. The number of amidine groups is 1. The van der Waals surface area contributed by atoms with Gasteiger partial charge in [0.1, 0.15) is 28.6 Å². The summed E-state index contributed by atoms with van der Waals surface area (Å²) in [6.45, 7) is 10.5. The van der Waals surface area contributed by atoms with Crippen LogP contribution < -0.4 is 32.3 Å². The molecule has 0 aliphatic rings. The first kappa shape index (κ1) is 36.7. The van der Waals surface area contributed by atoms with Crippen LogP contribution in [0, 0.1) is 27.7 Å². The van der Waals surface area contributed by atoms with E-state index in [-0.39, 0.29) is 46.3 Å². The molecule has 17 nitrogen and oxygen atoms in total. The first-order valence-corrected chi connectivity index (χ1v) is 16.5. The van der Waals surface area contributed by atoms with Crippen LogP contribution in [0.2, 0.25) is 0 Å². The number of oxime groups is 1. The predicted octanol–water partition coefficient (Wildman–Crippen LogP) is 4.86. The number of amides is 5. The minimum atomic E-state index is -0.502. The summed E-state index contributed by atoms with van der Waals surface area (Å²) >= 11 is 3.05. The zero-order valence-corrected chi connectivity index (χ0v) is 30.1. The monoisotopic (exact) mass is 773 g/mol.